The largest absolute Gasteiger partial charge is 0.481 e. The van der Waals surface area contributed by atoms with Crippen LogP contribution in [-0.2, 0) is 14.3 Å². The number of hydrogen-bond acceptors (Lipinski definition) is 4. The topological polar surface area (TPSA) is 102 Å². The number of carbonyl (C=O) groups excluding carboxylic acids is 1. The molecular weight excluding hydrogens is 212 g/mol. The molecule has 0 radical (unpaired) electrons. The van der Waals surface area contributed by atoms with Crippen LogP contribution in [0.3, 0.4) is 0 Å². The fourth-order valence-corrected chi connectivity index (χ4v) is 1.04. The van der Waals surface area contributed by atoms with Crippen LogP contribution in [0.4, 0.5) is 0 Å². The maximum absolute atomic E-state index is 11.3. The van der Waals surface area contributed by atoms with Crippen LogP contribution in [0.5, 0.6) is 0 Å². The van der Waals surface area contributed by atoms with Gasteiger partial charge in [0.15, 0.2) is 0 Å². The Morgan fingerprint density at radius 3 is 2.44 bits per heavy atom. The van der Waals surface area contributed by atoms with Gasteiger partial charge in [0.1, 0.15) is 6.61 Å². The molecule has 0 aliphatic carbocycles. The molecule has 0 saturated carbocycles. The van der Waals surface area contributed by atoms with E-state index in [1.807, 2.05) is 20.8 Å². The lowest BCUT2D eigenvalue weighted by molar-refractivity contribution is -0.137. The number of carboxylic acids is 1. The van der Waals surface area contributed by atoms with Crippen LogP contribution in [0.1, 0.15) is 27.2 Å². The predicted molar refractivity (Wildman–Crippen MR) is 58.9 cm³/mol. The Labute approximate surface area is 95.1 Å². The van der Waals surface area contributed by atoms with Crippen molar-refractivity contribution in [3.05, 3.63) is 0 Å². The van der Waals surface area contributed by atoms with Crippen LogP contribution in [0.2, 0.25) is 0 Å². The van der Waals surface area contributed by atoms with Crippen LogP contribution >= 0.6 is 0 Å². The first-order valence-electron chi connectivity index (χ1n) is 5.07. The molecule has 0 spiro atoms. The fourth-order valence-electron chi connectivity index (χ4n) is 1.04. The zero-order valence-electron chi connectivity index (χ0n) is 9.95. The molecule has 1 atom stereocenters. The highest BCUT2D eigenvalue weighted by Crippen LogP contribution is 1.98. The number of amides is 1. The number of carboxylic acid groups (broad SMARTS) is 1. The molecule has 0 heterocycles. The molecule has 0 aromatic rings. The van der Waals surface area contributed by atoms with Gasteiger partial charge in [-0.2, -0.15) is 0 Å². The molecule has 94 valence electrons. The second-order valence-corrected chi connectivity index (χ2v) is 4.67. The van der Waals surface area contributed by atoms with E-state index < -0.39 is 12.0 Å². The smallest absolute Gasteiger partial charge is 0.305 e. The monoisotopic (exact) mass is 232 g/mol. The summed E-state index contributed by atoms with van der Waals surface area (Å²) in [6.45, 7) is 5.54. The Bertz CT molecular complexity index is 248. The number of carbonyl (C=O) groups is 2. The minimum absolute atomic E-state index is 0.0594. The molecule has 1 amide bonds. The molecule has 4 N–H and O–H groups in total. The molecular formula is C10H20N2O4. The zero-order chi connectivity index (χ0) is 12.8. The highest BCUT2D eigenvalue weighted by atomic mass is 16.5. The first-order valence-corrected chi connectivity index (χ1v) is 5.07. The minimum atomic E-state index is -0.977. The average molecular weight is 232 g/mol. The van der Waals surface area contributed by atoms with Gasteiger partial charge in [-0.05, 0) is 20.8 Å². The summed E-state index contributed by atoms with van der Waals surface area (Å²) in [4.78, 5) is 21.5. The van der Waals surface area contributed by atoms with E-state index in [1.165, 1.54) is 0 Å². The lowest BCUT2D eigenvalue weighted by Gasteiger charge is -2.20. The van der Waals surface area contributed by atoms with Crippen molar-refractivity contribution in [1.82, 2.24) is 5.32 Å². The molecule has 0 aromatic heterocycles. The van der Waals surface area contributed by atoms with Gasteiger partial charge in [-0.1, -0.05) is 0 Å². The summed E-state index contributed by atoms with van der Waals surface area (Å²) in [5.41, 5.74) is 5.15. The van der Waals surface area contributed by atoms with Crippen molar-refractivity contribution in [3.8, 4) is 0 Å². The number of ether oxygens (including phenoxy) is 1. The van der Waals surface area contributed by atoms with Gasteiger partial charge in [0.25, 0.3) is 0 Å². The number of nitrogens with two attached hydrogens (primary N) is 1. The van der Waals surface area contributed by atoms with Crippen molar-refractivity contribution in [2.45, 2.75) is 38.8 Å². The second kappa shape index (κ2) is 6.44. The first kappa shape index (κ1) is 14.9. The van der Waals surface area contributed by atoms with Crippen LogP contribution in [0.25, 0.3) is 0 Å². The zero-order valence-corrected chi connectivity index (χ0v) is 9.95. The van der Waals surface area contributed by atoms with Gasteiger partial charge in [-0.15, -0.1) is 0 Å². The lowest BCUT2D eigenvalue weighted by atomic mass is 10.1. The van der Waals surface area contributed by atoms with Crippen LogP contribution in [0.15, 0.2) is 0 Å². The maximum atomic E-state index is 11.3. The van der Waals surface area contributed by atoms with E-state index in [1.54, 1.807) is 0 Å². The Kier molecular flexibility index (Phi) is 5.98. The Hall–Kier alpha value is -1.14. The summed E-state index contributed by atoms with van der Waals surface area (Å²) in [5.74, 6) is -1.22. The molecule has 0 aliphatic rings. The number of rotatable bonds is 6. The summed E-state index contributed by atoms with van der Waals surface area (Å²) < 4.78 is 5.00. The van der Waals surface area contributed by atoms with E-state index in [9.17, 15) is 9.59 Å². The Balaban J connectivity index is 3.66. The van der Waals surface area contributed by atoms with E-state index in [0.717, 1.165) is 0 Å². The van der Waals surface area contributed by atoms with Crippen molar-refractivity contribution < 1.29 is 19.4 Å². The van der Waals surface area contributed by atoms with Crippen LogP contribution < -0.4 is 11.1 Å². The molecule has 0 rings (SSSR count). The van der Waals surface area contributed by atoms with Crippen LogP contribution in [0, 0.1) is 0 Å². The molecule has 0 fully saturated rings. The van der Waals surface area contributed by atoms with E-state index in [4.69, 9.17) is 15.6 Å². The van der Waals surface area contributed by atoms with Crippen molar-refractivity contribution in [1.29, 1.82) is 0 Å². The Morgan fingerprint density at radius 1 is 1.44 bits per heavy atom. The maximum Gasteiger partial charge on any atom is 0.305 e. The van der Waals surface area contributed by atoms with E-state index in [0.29, 0.717) is 0 Å². The highest BCUT2D eigenvalue weighted by molar-refractivity contribution is 5.77. The third-order valence-electron chi connectivity index (χ3n) is 1.52. The van der Waals surface area contributed by atoms with Gasteiger partial charge in [0.05, 0.1) is 13.0 Å². The molecule has 6 nitrogen and oxygen atoms in total. The van der Waals surface area contributed by atoms with Crippen molar-refractivity contribution in [2.75, 3.05) is 13.2 Å². The minimum Gasteiger partial charge on any atom is -0.481 e. The fraction of sp³-hybridized carbons (Fsp3) is 0.800. The van der Waals surface area contributed by atoms with Crippen molar-refractivity contribution in [3.63, 3.8) is 0 Å². The van der Waals surface area contributed by atoms with Crippen molar-refractivity contribution >= 4 is 11.9 Å². The average Bonchev–Trinajstić information content (AvgIpc) is 1.98. The first-order chi connectivity index (χ1) is 7.20. The molecule has 0 bridgehead atoms. The number of nitrogens with one attached hydrogen (secondary N) is 1. The normalized spacial score (nSPS) is 13.2. The SMILES string of the molecule is CC(C)(C)NC(=O)COC[C@@H](N)CC(=O)O. The predicted octanol–water partition coefficient (Wildman–Crippen LogP) is -0.280. The third-order valence-corrected chi connectivity index (χ3v) is 1.52. The quantitative estimate of drug-likeness (QED) is 0.584. The number of aliphatic carboxylic acids is 1. The summed E-state index contributed by atoms with van der Waals surface area (Å²) in [6.07, 6.45) is -0.166. The van der Waals surface area contributed by atoms with Gasteiger partial charge in [-0.3, -0.25) is 9.59 Å². The standard InChI is InChI=1S/C10H20N2O4/c1-10(2,3)12-8(13)6-16-5-7(11)4-9(14)15/h7H,4-6,11H2,1-3H3,(H,12,13)(H,14,15)/t7-/m0/s1. The molecule has 0 saturated heterocycles. The second-order valence-electron chi connectivity index (χ2n) is 4.67. The van der Waals surface area contributed by atoms with E-state index in [2.05, 4.69) is 5.32 Å². The number of hydrogen-bond donors (Lipinski definition) is 3. The van der Waals surface area contributed by atoms with Gasteiger partial charge in [0.2, 0.25) is 5.91 Å². The summed E-state index contributed by atoms with van der Waals surface area (Å²) >= 11 is 0. The lowest BCUT2D eigenvalue weighted by Crippen LogP contribution is -2.43. The summed E-state index contributed by atoms with van der Waals surface area (Å²) in [7, 11) is 0. The van der Waals surface area contributed by atoms with Gasteiger partial charge in [-0.25, -0.2) is 0 Å². The Morgan fingerprint density at radius 2 is 2.00 bits per heavy atom. The molecule has 0 unspecified atom stereocenters. The van der Waals surface area contributed by atoms with E-state index in [-0.39, 0.29) is 31.1 Å². The van der Waals surface area contributed by atoms with E-state index >= 15 is 0 Å². The van der Waals surface area contributed by atoms with Gasteiger partial charge >= 0.3 is 5.97 Å². The van der Waals surface area contributed by atoms with Gasteiger partial charge < -0.3 is 20.9 Å². The summed E-state index contributed by atoms with van der Waals surface area (Å²) in [6, 6.07) is -0.583. The molecule has 0 aliphatic heterocycles. The van der Waals surface area contributed by atoms with Crippen LogP contribution in [-0.4, -0.2) is 41.8 Å². The molecule has 16 heavy (non-hydrogen) atoms. The molecule has 0 aromatic carbocycles. The molecule has 6 heteroatoms. The third kappa shape index (κ3) is 9.42. The van der Waals surface area contributed by atoms with Gasteiger partial charge in [0, 0.05) is 11.6 Å². The van der Waals surface area contributed by atoms with Crippen molar-refractivity contribution in [2.24, 2.45) is 5.73 Å². The summed E-state index contributed by atoms with van der Waals surface area (Å²) in [5, 5.41) is 11.1. The highest BCUT2D eigenvalue weighted by Gasteiger charge is 2.14.